The summed E-state index contributed by atoms with van der Waals surface area (Å²) in [4.78, 5) is 6.97. The van der Waals surface area contributed by atoms with E-state index in [-0.39, 0.29) is 4.90 Å². The number of anilines is 2. The lowest BCUT2D eigenvalue weighted by atomic mass is 10.2. The number of nitrogen functional groups attached to an aromatic ring is 1. The van der Waals surface area contributed by atoms with E-state index >= 15 is 0 Å². The zero-order valence-corrected chi connectivity index (χ0v) is 11.3. The molecule has 0 saturated carbocycles. The van der Waals surface area contributed by atoms with E-state index in [1.54, 1.807) is 23.6 Å². The van der Waals surface area contributed by atoms with Gasteiger partial charge in [0.25, 0.3) is 10.0 Å². The molecule has 8 heteroatoms. The number of H-pyrrole nitrogens is 1. The van der Waals surface area contributed by atoms with Crippen LogP contribution in [0.5, 0.6) is 0 Å². The Hall–Kier alpha value is -2.06. The third kappa shape index (κ3) is 2.15. The molecule has 0 atom stereocenters. The van der Waals surface area contributed by atoms with Gasteiger partial charge in [0.15, 0.2) is 5.13 Å². The molecule has 2 heterocycles. The molecule has 4 N–H and O–H groups in total. The average molecular weight is 294 g/mol. The Kier molecular flexibility index (Phi) is 2.68. The van der Waals surface area contributed by atoms with Crippen molar-refractivity contribution in [2.24, 2.45) is 0 Å². The fraction of sp³-hybridized carbons (Fsp3) is 0. The maximum Gasteiger partial charge on any atom is 0.265 e. The SMILES string of the molecule is Nc1ccc2[nH]cc(S(=O)(=O)Nc3nccs3)c2c1. The number of benzene rings is 1. The van der Waals surface area contributed by atoms with Crippen molar-refractivity contribution in [3.63, 3.8) is 0 Å². The van der Waals surface area contributed by atoms with Gasteiger partial charge in [0, 0.05) is 34.4 Å². The first-order valence-electron chi connectivity index (χ1n) is 5.35. The molecule has 2 aromatic heterocycles. The number of nitrogens with two attached hydrogens (primary N) is 1. The minimum absolute atomic E-state index is 0.157. The van der Waals surface area contributed by atoms with Crippen LogP contribution in [0.25, 0.3) is 10.9 Å². The van der Waals surface area contributed by atoms with E-state index in [4.69, 9.17) is 5.73 Å². The molecule has 0 saturated heterocycles. The second kappa shape index (κ2) is 4.25. The molecular formula is C11H10N4O2S2. The normalized spacial score (nSPS) is 11.8. The van der Waals surface area contributed by atoms with E-state index < -0.39 is 10.0 Å². The van der Waals surface area contributed by atoms with Gasteiger partial charge in [-0.15, -0.1) is 11.3 Å². The molecule has 0 amide bonds. The van der Waals surface area contributed by atoms with Crippen LogP contribution in [0, 0.1) is 0 Å². The lowest BCUT2D eigenvalue weighted by molar-refractivity contribution is 0.602. The maximum atomic E-state index is 12.3. The van der Waals surface area contributed by atoms with Gasteiger partial charge in [-0.25, -0.2) is 13.4 Å². The number of nitrogens with zero attached hydrogens (tertiary/aromatic N) is 1. The third-order valence-corrected chi connectivity index (χ3v) is 4.81. The largest absolute Gasteiger partial charge is 0.399 e. The molecule has 0 fully saturated rings. The van der Waals surface area contributed by atoms with E-state index in [0.717, 1.165) is 0 Å². The van der Waals surface area contributed by atoms with E-state index in [0.29, 0.717) is 21.7 Å². The third-order valence-electron chi connectivity index (χ3n) is 2.61. The van der Waals surface area contributed by atoms with E-state index in [2.05, 4.69) is 14.7 Å². The highest BCUT2D eigenvalue weighted by Crippen LogP contribution is 2.26. The molecule has 6 nitrogen and oxygen atoms in total. The quantitative estimate of drug-likeness (QED) is 0.643. The van der Waals surface area contributed by atoms with Crippen molar-refractivity contribution < 1.29 is 8.42 Å². The number of aromatic nitrogens is 2. The Morgan fingerprint density at radius 2 is 2.21 bits per heavy atom. The van der Waals surface area contributed by atoms with Crippen molar-refractivity contribution in [2.75, 3.05) is 10.5 Å². The Morgan fingerprint density at radius 3 is 2.95 bits per heavy atom. The van der Waals surface area contributed by atoms with Crippen LogP contribution in [0.4, 0.5) is 10.8 Å². The van der Waals surface area contributed by atoms with Crippen LogP contribution in [-0.2, 0) is 10.0 Å². The zero-order valence-electron chi connectivity index (χ0n) is 9.62. The van der Waals surface area contributed by atoms with Crippen molar-refractivity contribution >= 4 is 43.1 Å². The standard InChI is InChI=1S/C11H10N4O2S2/c12-7-1-2-9-8(5-7)10(6-14-9)19(16,17)15-11-13-3-4-18-11/h1-6,14H,12H2,(H,13,15). The summed E-state index contributed by atoms with van der Waals surface area (Å²) >= 11 is 1.22. The van der Waals surface area contributed by atoms with E-state index in [9.17, 15) is 8.42 Å². The zero-order chi connectivity index (χ0) is 13.5. The number of thiazole rings is 1. The van der Waals surface area contributed by atoms with Crippen molar-refractivity contribution in [3.05, 3.63) is 36.0 Å². The van der Waals surface area contributed by atoms with Crippen LogP contribution < -0.4 is 10.5 Å². The van der Waals surface area contributed by atoms with Crippen LogP contribution >= 0.6 is 11.3 Å². The Morgan fingerprint density at radius 1 is 1.37 bits per heavy atom. The highest BCUT2D eigenvalue weighted by Gasteiger charge is 2.20. The van der Waals surface area contributed by atoms with E-state index in [1.807, 2.05) is 0 Å². The first-order chi connectivity index (χ1) is 9.06. The monoisotopic (exact) mass is 294 g/mol. The minimum Gasteiger partial charge on any atom is -0.399 e. The molecule has 0 aliphatic heterocycles. The lowest BCUT2D eigenvalue weighted by Crippen LogP contribution is -2.12. The highest BCUT2D eigenvalue weighted by molar-refractivity contribution is 7.93. The fourth-order valence-corrected chi connectivity index (χ4v) is 3.74. The van der Waals surface area contributed by atoms with Gasteiger partial charge in [0.1, 0.15) is 4.90 Å². The molecule has 0 unspecified atom stereocenters. The summed E-state index contributed by atoms with van der Waals surface area (Å²) in [6.07, 6.45) is 2.98. The summed E-state index contributed by atoms with van der Waals surface area (Å²) in [5.74, 6) is 0. The van der Waals surface area contributed by atoms with Crippen LogP contribution in [0.3, 0.4) is 0 Å². The molecule has 1 aromatic carbocycles. The number of sulfonamides is 1. The van der Waals surface area contributed by atoms with E-state index in [1.165, 1.54) is 23.7 Å². The van der Waals surface area contributed by atoms with Gasteiger partial charge >= 0.3 is 0 Å². The molecule has 98 valence electrons. The summed E-state index contributed by atoms with van der Waals surface area (Å²) in [5, 5.41) is 2.59. The summed E-state index contributed by atoms with van der Waals surface area (Å²) in [6, 6.07) is 5.08. The molecule has 3 aromatic rings. The number of hydrogen-bond donors (Lipinski definition) is 3. The first kappa shape index (κ1) is 12.0. The molecule has 3 rings (SSSR count). The van der Waals surface area contributed by atoms with Gasteiger partial charge in [-0.3, -0.25) is 4.72 Å². The van der Waals surface area contributed by atoms with Gasteiger partial charge in [-0.05, 0) is 18.2 Å². The van der Waals surface area contributed by atoms with Gasteiger partial charge in [0.2, 0.25) is 0 Å². The summed E-state index contributed by atoms with van der Waals surface area (Å²) in [7, 11) is -3.67. The average Bonchev–Trinajstić information content (AvgIpc) is 2.96. The van der Waals surface area contributed by atoms with Crippen molar-refractivity contribution in [2.45, 2.75) is 4.90 Å². The molecule has 0 radical (unpaired) electrons. The topological polar surface area (TPSA) is 101 Å². The van der Waals surface area contributed by atoms with Crippen molar-refractivity contribution in [3.8, 4) is 0 Å². The fourth-order valence-electron chi connectivity index (χ4n) is 1.78. The first-order valence-corrected chi connectivity index (χ1v) is 7.71. The second-order valence-corrected chi connectivity index (χ2v) is 6.45. The Labute approximate surface area is 113 Å². The number of fused-ring (bicyclic) bond motifs is 1. The minimum atomic E-state index is -3.67. The smallest absolute Gasteiger partial charge is 0.265 e. The van der Waals surface area contributed by atoms with Gasteiger partial charge in [-0.1, -0.05) is 0 Å². The number of nitrogens with one attached hydrogen (secondary N) is 2. The van der Waals surface area contributed by atoms with Crippen LogP contribution in [-0.4, -0.2) is 18.4 Å². The van der Waals surface area contributed by atoms with Gasteiger partial charge < -0.3 is 10.7 Å². The number of hydrogen-bond acceptors (Lipinski definition) is 5. The molecule has 0 aliphatic rings. The molecule has 0 bridgehead atoms. The van der Waals surface area contributed by atoms with Crippen LogP contribution in [0.2, 0.25) is 0 Å². The molecule has 0 aliphatic carbocycles. The number of rotatable bonds is 3. The van der Waals surface area contributed by atoms with Crippen LogP contribution in [0.1, 0.15) is 0 Å². The molecule has 0 spiro atoms. The lowest BCUT2D eigenvalue weighted by Gasteiger charge is -2.03. The van der Waals surface area contributed by atoms with Gasteiger partial charge in [-0.2, -0.15) is 0 Å². The van der Waals surface area contributed by atoms with Crippen molar-refractivity contribution in [1.29, 1.82) is 0 Å². The predicted molar refractivity (Wildman–Crippen MR) is 75.6 cm³/mol. The summed E-state index contributed by atoms with van der Waals surface area (Å²) in [5.41, 5.74) is 6.92. The molecular weight excluding hydrogens is 284 g/mol. The predicted octanol–water partition coefficient (Wildman–Crippen LogP) is 2.01. The molecule has 19 heavy (non-hydrogen) atoms. The Balaban J connectivity index is 2.10. The summed E-state index contributed by atoms with van der Waals surface area (Å²) < 4.78 is 27.0. The second-order valence-electron chi connectivity index (χ2n) is 3.90. The van der Waals surface area contributed by atoms with Crippen LogP contribution in [0.15, 0.2) is 40.9 Å². The highest BCUT2D eigenvalue weighted by atomic mass is 32.2. The summed E-state index contributed by atoms with van der Waals surface area (Å²) in [6.45, 7) is 0. The maximum absolute atomic E-state index is 12.3. The van der Waals surface area contributed by atoms with Gasteiger partial charge in [0.05, 0.1) is 0 Å². The van der Waals surface area contributed by atoms with Crippen molar-refractivity contribution in [1.82, 2.24) is 9.97 Å². The Bertz CT molecular complexity index is 822. The number of aromatic amines is 1.